The number of rotatable bonds is 9. The highest BCUT2D eigenvalue weighted by molar-refractivity contribution is 5.78. The molecule has 0 heterocycles. The maximum atomic E-state index is 11.6. The van der Waals surface area contributed by atoms with Gasteiger partial charge in [0.15, 0.2) is 0 Å². The standard InChI is InChI=1S/C21H34O2/c1-7-9-18(22)11-8-10-17-12-13-20(23-15-16(2)3)19(14-17)21(4,5)6/h12-14,16H,7-11,15H2,1-6H3. The largest absolute Gasteiger partial charge is 0.493 e. The fourth-order valence-electron chi connectivity index (χ4n) is 2.59. The summed E-state index contributed by atoms with van der Waals surface area (Å²) in [7, 11) is 0. The Hall–Kier alpha value is -1.31. The van der Waals surface area contributed by atoms with Crippen molar-refractivity contribution in [2.75, 3.05) is 6.61 Å². The van der Waals surface area contributed by atoms with Crippen LogP contribution in [0.25, 0.3) is 0 Å². The molecular weight excluding hydrogens is 284 g/mol. The molecule has 0 spiro atoms. The first kappa shape index (κ1) is 19.7. The van der Waals surface area contributed by atoms with Crippen LogP contribution in [0.15, 0.2) is 18.2 Å². The number of benzene rings is 1. The summed E-state index contributed by atoms with van der Waals surface area (Å²) in [6.45, 7) is 13.8. The minimum atomic E-state index is 0.0559. The predicted molar refractivity (Wildman–Crippen MR) is 98.3 cm³/mol. The molecule has 0 fully saturated rings. The number of Topliss-reactive ketones (excluding diaryl/α,β-unsaturated/α-hetero) is 1. The zero-order valence-corrected chi connectivity index (χ0v) is 15.9. The molecule has 2 heteroatoms. The lowest BCUT2D eigenvalue weighted by atomic mass is 9.85. The van der Waals surface area contributed by atoms with Gasteiger partial charge in [0.2, 0.25) is 0 Å². The van der Waals surface area contributed by atoms with Crippen LogP contribution in [-0.4, -0.2) is 12.4 Å². The van der Waals surface area contributed by atoms with Crippen LogP contribution in [0.1, 0.15) is 78.4 Å². The normalized spacial score (nSPS) is 11.8. The molecule has 1 aromatic carbocycles. The van der Waals surface area contributed by atoms with E-state index in [4.69, 9.17) is 4.74 Å². The number of carbonyl (C=O) groups is 1. The van der Waals surface area contributed by atoms with Crippen molar-refractivity contribution in [3.63, 3.8) is 0 Å². The fraction of sp³-hybridized carbons (Fsp3) is 0.667. The van der Waals surface area contributed by atoms with Gasteiger partial charge in [-0.3, -0.25) is 4.79 Å². The minimum absolute atomic E-state index is 0.0559. The van der Waals surface area contributed by atoms with Gasteiger partial charge in [0.25, 0.3) is 0 Å². The van der Waals surface area contributed by atoms with Crippen LogP contribution in [-0.2, 0) is 16.6 Å². The Morgan fingerprint density at radius 1 is 1.17 bits per heavy atom. The van der Waals surface area contributed by atoms with Gasteiger partial charge in [-0.2, -0.15) is 0 Å². The van der Waals surface area contributed by atoms with Gasteiger partial charge in [-0.05, 0) is 47.8 Å². The van der Waals surface area contributed by atoms with E-state index in [1.54, 1.807) is 0 Å². The van der Waals surface area contributed by atoms with Crippen LogP contribution in [0, 0.1) is 5.92 Å². The first-order valence-corrected chi connectivity index (χ1v) is 9.02. The highest BCUT2D eigenvalue weighted by atomic mass is 16.5. The lowest BCUT2D eigenvalue weighted by Crippen LogP contribution is -2.15. The summed E-state index contributed by atoms with van der Waals surface area (Å²) in [4.78, 5) is 11.6. The van der Waals surface area contributed by atoms with Gasteiger partial charge in [-0.1, -0.05) is 53.7 Å². The molecule has 0 unspecified atom stereocenters. The van der Waals surface area contributed by atoms with Crippen molar-refractivity contribution in [2.45, 2.75) is 79.1 Å². The first-order chi connectivity index (χ1) is 10.7. The molecule has 0 amide bonds. The summed E-state index contributed by atoms with van der Waals surface area (Å²) in [5.41, 5.74) is 2.62. The first-order valence-electron chi connectivity index (χ1n) is 9.02. The number of hydrogen-bond acceptors (Lipinski definition) is 2. The monoisotopic (exact) mass is 318 g/mol. The Balaban J connectivity index is 2.77. The van der Waals surface area contributed by atoms with Gasteiger partial charge in [-0.25, -0.2) is 0 Å². The average molecular weight is 319 g/mol. The Labute approximate surface area is 142 Å². The highest BCUT2D eigenvalue weighted by Gasteiger charge is 2.20. The molecule has 0 saturated heterocycles. The van der Waals surface area contributed by atoms with E-state index in [1.165, 1.54) is 11.1 Å². The Morgan fingerprint density at radius 3 is 2.43 bits per heavy atom. The van der Waals surface area contributed by atoms with Crippen molar-refractivity contribution >= 4 is 5.78 Å². The second-order valence-electron chi connectivity index (χ2n) is 7.93. The van der Waals surface area contributed by atoms with Crippen molar-refractivity contribution in [3.05, 3.63) is 29.3 Å². The van der Waals surface area contributed by atoms with Crippen LogP contribution in [0.2, 0.25) is 0 Å². The summed E-state index contributed by atoms with van der Waals surface area (Å²) >= 11 is 0. The molecule has 0 radical (unpaired) electrons. The van der Waals surface area contributed by atoms with Gasteiger partial charge >= 0.3 is 0 Å². The van der Waals surface area contributed by atoms with E-state index < -0.39 is 0 Å². The third kappa shape index (κ3) is 7.20. The van der Waals surface area contributed by atoms with Crippen molar-refractivity contribution in [1.82, 2.24) is 0 Å². The Bertz CT molecular complexity index is 495. The molecule has 1 aromatic rings. The number of ether oxygens (including phenoxy) is 1. The summed E-state index contributed by atoms with van der Waals surface area (Å²) in [6, 6.07) is 6.52. The predicted octanol–water partition coefficient (Wildman–Crippen LogP) is 5.71. The molecule has 0 bridgehead atoms. The third-order valence-corrected chi connectivity index (χ3v) is 3.87. The lowest BCUT2D eigenvalue weighted by Gasteiger charge is -2.24. The molecule has 0 saturated carbocycles. The molecular formula is C21H34O2. The molecule has 0 atom stereocenters. The number of ketones is 1. The van der Waals surface area contributed by atoms with Crippen LogP contribution in [0.5, 0.6) is 5.75 Å². The van der Waals surface area contributed by atoms with E-state index in [2.05, 4.69) is 59.7 Å². The molecule has 1 rings (SSSR count). The van der Waals surface area contributed by atoms with Gasteiger partial charge in [0.1, 0.15) is 11.5 Å². The van der Waals surface area contributed by atoms with E-state index in [-0.39, 0.29) is 5.41 Å². The van der Waals surface area contributed by atoms with Crippen molar-refractivity contribution in [2.24, 2.45) is 5.92 Å². The van der Waals surface area contributed by atoms with E-state index >= 15 is 0 Å². The zero-order chi connectivity index (χ0) is 17.5. The second kappa shape index (κ2) is 9.10. The maximum absolute atomic E-state index is 11.6. The summed E-state index contributed by atoms with van der Waals surface area (Å²) in [6.07, 6.45) is 4.27. The van der Waals surface area contributed by atoms with E-state index in [1.807, 2.05) is 0 Å². The maximum Gasteiger partial charge on any atom is 0.132 e. The molecule has 0 aliphatic heterocycles. The molecule has 2 nitrogen and oxygen atoms in total. The molecule has 130 valence electrons. The van der Waals surface area contributed by atoms with Gasteiger partial charge in [0.05, 0.1) is 6.61 Å². The number of aryl methyl sites for hydroxylation is 1. The van der Waals surface area contributed by atoms with Crippen molar-refractivity contribution < 1.29 is 9.53 Å². The summed E-state index contributed by atoms with van der Waals surface area (Å²) in [5.74, 6) is 1.91. The molecule has 0 N–H and O–H groups in total. The minimum Gasteiger partial charge on any atom is -0.493 e. The van der Waals surface area contributed by atoms with E-state index in [9.17, 15) is 4.79 Å². The highest BCUT2D eigenvalue weighted by Crippen LogP contribution is 2.33. The topological polar surface area (TPSA) is 26.3 Å². The van der Waals surface area contributed by atoms with Gasteiger partial charge in [-0.15, -0.1) is 0 Å². The average Bonchev–Trinajstić information content (AvgIpc) is 2.45. The third-order valence-electron chi connectivity index (χ3n) is 3.87. The zero-order valence-electron chi connectivity index (χ0n) is 15.9. The Morgan fingerprint density at radius 2 is 1.87 bits per heavy atom. The fourth-order valence-corrected chi connectivity index (χ4v) is 2.59. The van der Waals surface area contributed by atoms with Crippen molar-refractivity contribution in [3.8, 4) is 5.75 Å². The SMILES string of the molecule is CCCC(=O)CCCc1ccc(OCC(C)C)c(C(C)(C)C)c1. The molecule has 0 aromatic heterocycles. The summed E-state index contributed by atoms with van der Waals surface area (Å²) < 4.78 is 6.00. The number of hydrogen-bond donors (Lipinski definition) is 0. The quantitative estimate of drug-likeness (QED) is 0.583. The van der Waals surface area contributed by atoms with Crippen LogP contribution in [0.4, 0.5) is 0 Å². The molecule has 23 heavy (non-hydrogen) atoms. The Kier molecular flexibility index (Phi) is 7.81. The van der Waals surface area contributed by atoms with Crippen molar-refractivity contribution in [1.29, 1.82) is 0 Å². The van der Waals surface area contributed by atoms with E-state index in [0.717, 1.165) is 38.0 Å². The van der Waals surface area contributed by atoms with Gasteiger partial charge < -0.3 is 4.74 Å². The summed E-state index contributed by atoms with van der Waals surface area (Å²) in [5, 5.41) is 0. The molecule has 0 aliphatic carbocycles. The smallest absolute Gasteiger partial charge is 0.132 e. The number of carbonyl (C=O) groups excluding carboxylic acids is 1. The van der Waals surface area contributed by atoms with Crippen LogP contribution >= 0.6 is 0 Å². The van der Waals surface area contributed by atoms with Crippen LogP contribution in [0.3, 0.4) is 0 Å². The van der Waals surface area contributed by atoms with Gasteiger partial charge in [0, 0.05) is 12.8 Å². The lowest BCUT2D eigenvalue weighted by molar-refractivity contribution is -0.119. The second-order valence-corrected chi connectivity index (χ2v) is 7.93. The van der Waals surface area contributed by atoms with Crippen LogP contribution < -0.4 is 4.74 Å². The molecule has 0 aliphatic rings. The van der Waals surface area contributed by atoms with E-state index in [0.29, 0.717) is 18.1 Å².